The molecule has 0 spiro atoms. The fraction of sp³-hybridized carbons (Fsp3) is 0.111. The van der Waals surface area contributed by atoms with E-state index in [1.165, 1.54) is 12.3 Å². The number of carboxylic acid groups (broad SMARTS) is 1. The van der Waals surface area contributed by atoms with Crippen molar-refractivity contribution in [1.82, 2.24) is 39.2 Å². The van der Waals surface area contributed by atoms with E-state index < -0.39 is 5.97 Å². The molecule has 15 heteroatoms. The number of aromatic carboxylic acids is 1. The van der Waals surface area contributed by atoms with E-state index >= 15 is 0 Å². The van der Waals surface area contributed by atoms with E-state index in [0.29, 0.717) is 45.9 Å². The summed E-state index contributed by atoms with van der Waals surface area (Å²) in [7, 11) is 3.22. The van der Waals surface area contributed by atoms with Crippen molar-refractivity contribution in [1.29, 1.82) is 0 Å². The Morgan fingerprint density at radius 3 is 1.75 bits per heavy atom. The maximum absolute atomic E-state index is 11.2. The molecule has 0 amide bonds. The summed E-state index contributed by atoms with van der Waals surface area (Å²) in [6.45, 7) is 7.49. The van der Waals surface area contributed by atoms with E-state index in [-0.39, 0.29) is 18.8 Å². The molecule has 2 aromatic carbocycles. The minimum absolute atomic E-state index is 0.134. The first-order chi connectivity index (χ1) is 24.9. The van der Waals surface area contributed by atoms with Crippen LogP contribution in [0.3, 0.4) is 0 Å². The number of ether oxygens (including phenoxy) is 4. The Balaban J connectivity index is 0.000000159. The number of carboxylic acids is 1. The predicted octanol–water partition coefficient (Wildman–Crippen LogP) is 5.98. The van der Waals surface area contributed by atoms with Crippen molar-refractivity contribution in [2.45, 2.75) is 13.2 Å². The molecule has 0 unspecified atom stereocenters. The number of methoxy groups -OCH3 is 2. The van der Waals surface area contributed by atoms with Crippen molar-refractivity contribution in [3.63, 3.8) is 0 Å². The Morgan fingerprint density at radius 2 is 1.24 bits per heavy atom. The van der Waals surface area contributed by atoms with Crippen molar-refractivity contribution < 1.29 is 28.8 Å². The Hall–Kier alpha value is -7.34. The van der Waals surface area contributed by atoms with E-state index in [9.17, 15) is 4.79 Å². The summed E-state index contributed by atoms with van der Waals surface area (Å²) in [4.78, 5) is 23.2. The quantitative estimate of drug-likeness (QED) is 0.178. The van der Waals surface area contributed by atoms with Crippen LogP contribution in [0, 0.1) is 6.57 Å². The molecule has 1 N–H and O–H groups in total. The van der Waals surface area contributed by atoms with Crippen molar-refractivity contribution in [2.24, 2.45) is 0 Å². The average molecular weight is 682 g/mol. The average Bonchev–Trinajstić information content (AvgIpc) is 3.78. The molecule has 6 aromatic heterocycles. The zero-order chi connectivity index (χ0) is 35.3. The largest absolute Gasteiger partial charge is 0.497 e. The normalized spacial score (nSPS) is 10.8. The molecule has 0 aliphatic rings. The zero-order valence-electron chi connectivity index (χ0n) is 27.2. The van der Waals surface area contributed by atoms with Crippen LogP contribution in [0.2, 0.25) is 0 Å². The molecular formula is C36H27N9O6. The van der Waals surface area contributed by atoms with E-state index in [2.05, 4.69) is 35.2 Å². The first-order valence-corrected chi connectivity index (χ1v) is 15.3. The van der Waals surface area contributed by atoms with Crippen LogP contribution in [0.15, 0.2) is 97.6 Å². The number of pyridine rings is 4. The van der Waals surface area contributed by atoms with Gasteiger partial charge in [-0.3, -0.25) is 18.8 Å². The number of carbonyl (C=O) groups is 1. The van der Waals surface area contributed by atoms with Crippen LogP contribution in [0.1, 0.15) is 22.0 Å². The van der Waals surface area contributed by atoms with Crippen LogP contribution in [-0.4, -0.2) is 64.5 Å². The lowest BCUT2D eigenvalue weighted by Crippen LogP contribution is -2.04. The number of hydrogen-bond donors (Lipinski definition) is 1. The maximum atomic E-state index is 11.2. The van der Waals surface area contributed by atoms with Crippen LogP contribution in [0.25, 0.3) is 37.9 Å². The highest BCUT2D eigenvalue weighted by Crippen LogP contribution is 2.29. The summed E-state index contributed by atoms with van der Waals surface area (Å²) in [5.74, 6) is 2.91. The Kier molecular flexibility index (Phi) is 8.86. The summed E-state index contributed by atoms with van der Waals surface area (Å²) in [6, 6.07) is 21.3. The summed E-state index contributed by atoms with van der Waals surface area (Å²) >= 11 is 0. The van der Waals surface area contributed by atoms with Crippen LogP contribution in [-0.2, 0) is 13.2 Å². The van der Waals surface area contributed by atoms with Crippen LogP contribution >= 0.6 is 0 Å². The van der Waals surface area contributed by atoms with E-state index in [1.54, 1.807) is 65.9 Å². The highest BCUT2D eigenvalue weighted by atomic mass is 16.5. The Bertz CT molecular complexity index is 2600. The maximum Gasteiger partial charge on any atom is 0.337 e. The summed E-state index contributed by atoms with van der Waals surface area (Å²) in [5, 5.41) is 27.2. The van der Waals surface area contributed by atoms with Crippen molar-refractivity contribution in [3.05, 3.63) is 126 Å². The fourth-order valence-electron chi connectivity index (χ4n) is 5.25. The molecule has 0 bridgehead atoms. The van der Waals surface area contributed by atoms with Gasteiger partial charge in [0.05, 0.1) is 37.4 Å². The fourth-order valence-corrected chi connectivity index (χ4v) is 5.25. The molecule has 0 atom stereocenters. The third-order valence-electron chi connectivity index (χ3n) is 7.84. The van der Waals surface area contributed by atoms with Gasteiger partial charge in [-0.2, -0.15) is 0 Å². The Labute approximate surface area is 289 Å². The Morgan fingerprint density at radius 1 is 0.706 bits per heavy atom. The lowest BCUT2D eigenvalue weighted by Gasteiger charge is -2.09. The SMILES string of the molecule is COc1ccc2c(OCc3nnc4ccc(C(=O)O)cn34)ccnc2c1.[C-]#[N+]c1ccc2nnc(COc3ccnc4cc(OC)ccc34)n2c1. The third kappa shape index (κ3) is 6.69. The van der Waals surface area contributed by atoms with Gasteiger partial charge in [-0.15, -0.1) is 20.4 Å². The number of aromatic nitrogens is 8. The third-order valence-corrected chi connectivity index (χ3v) is 7.84. The second kappa shape index (κ2) is 14.0. The molecule has 51 heavy (non-hydrogen) atoms. The standard InChI is InChI=1S/C18H13N5O2.C18H14N4O4/c1-19-12-3-6-17-21-22-18(23(17)10-12)11-25-16-7-8-20-15-9-13(24-2)4-5-14(15)16;1-25-12-3-4-13-14(8-12)19-7-6-15(13)26-10-17-21-20-16-5-2-11(18(23)24)9-22(16)17/h3-10H,11H2,2H3;2-9H,10H2,1H3,(H,23,24). The van der Waals surface area contributed by atoms with Gasteiger partial charge in [0.1, 0.15) is 36.2 Å². The van der Waals surface area contributed by atoms with E-state index in [1.807, 2.05) is 42.5 Å². The van der Waals surface area contributed by atoms with E-state index in [0.717, 1.165) is 27.6 Å². The smallest absolute Gasteiger partial charge is 0.337 e. The monoisotopic (exact) mass is 681 g/mol. The molecule has 0 aliphatic carbocycles. The van der Waals surface area contributed by atoms with Crippen LogP contribution < -0.4 is 18.9 Å². The molecule has 0 fully saturated rings. The van der Waals surface area contributed by atoms with Gasteiger partial charge in [-0.1, -0.05) is 6.07 Å². The van der Waals surface area contributed by atoms with Gasteiger partial charge in [0.15, 0.2) is 22.9 Å². The van der Waals surface area contributed by atoms with Gasteiger partial charge < -0.3 is 24.1 Å². The number of hydrogen-bond acceptors (Lipinski definition) is 11. The minimum atomic E-state index is -1.01. The molecule has 0 radical (unpaired) electrons. The minimum Gasteiger partial charge on any atom is -0.497 e. The van der Waals surface area contributed by atoms with Gasteiger partial charge >= 0.3 is 5.97 Å². The zero-order valence-corrected chi connectivity index (χ0v) is 27.2. The van der Waals surface area contributed by atoms with Gasteiger partial charge in [0, 0.05) is 47.7 Å². The molecule has 8 aromatic rings. The second-order valence-corrected chi connectivity index (χ2v) is 10.9. The second-order valence-electron chi connectivity index (χ2n) is 10.9. The van der Waals surface area contributed by atoms with Crippen molar-refractivity contribution in [3.8, 4) is 23.0 Å². The summed E-state index contributed by atoms with van der Waals surface area (Å²) in [5.41, 5.74) is 3.45. The number of fused-ring (bicyclic) bond motifs is 4. The van der Waals surface area contributed by atoms with Crippen molar-refractivity contribution in [2.75, 3.05) is 14.2 Å². The van der Waals surface area contributed by atoms with E-state index in [4.69, 9.17) is 30.6 Å². The molecule has 15 nitrogen and oxygen atoms in total. The predicted molar refractivity (Wildman–Crippen MR) is 184 cm³/mol. The molecule has 8 rings (SSSR count). The first kappa shape index (κ1) is 32.2. The molecule has 0 aliphatic heterocycles. The van der Waals surface area contributed by atoms with Gasteiger partial charge in [-0.05, 0) is 54.6 Å². The number of benzene rings is 2. The van der Waals surface area contributed by atoms with Gasteiger partial charge in [-0.25, -0.2) is 9.64 Å². The number of nitrogens with zero attached hydrogens (tertiary/aromatic N) is 9. The summed E-state index contributed by atoms with van der Waals surface area (Å²) in [6.07, 6.45) is 6.53. The van der Waals surface area contributed by atoms with Crippen LogP contribution in [0.4, 0.5) is 5.69 Å². The topological polar surface area (TPSA) is 165 Å². The highest BCUT2D eigenvalue weighted by Gasteiger charge is 2.12. The first-order valence-electron chi connectivity index (χ1n) is 15.3. The highest BCUT2D eigenvalue weighted by molar-refractivity contribution is 5.88. The lowest BCUT2D eigenvalue weighted by molar-refractivity contribution is 0.0696. The molecule has 6 heterocycles. The number of rotatable bonds is 9. The molecular weight excluding hydrogens is 654 g/mol. The molecule has 0 saturated carbocycles. The summed E-state index contributed by atoms with van der Waals surface area (Å²) < 4.78 is 25.6. The van der Waals surface area contributed by atoms with Crippen molar-refractivity contribution >= 4 is 44.8 Å². The van der Waals surface area contributed by atoms with Gasteiger partial charge in [0.2, 0.25) is 5.69 Å². The lowest BCUT2D eigenvalue weighted by atomic mass is 10.2. The molecule has 252 valence electrons. The molecule has 0 saturated heterocycles. The van der Waals surface area contributed by atoms with Gasteiger partial charge in [0.25, 0.3) is 0 Å². The van der Waals surface area contributed by atoms with Crippen LogP contribution in [0.5, 0.6) is 23.0 Å².